The summed E-state index contributed by atoms with van der Waals surface area (Å²) < 4.78 is 9.74. The predicted molar refractivity (Wildman–Crippen MR) is 51.3 cm³/mol. The van der Waals surface area contributed by atoms with E-state index >= 15 is 0 Å². The van der Waals surface area contributed by atoms with Crippen molar-refractivity contribution in [1.29, 1.82) is 0 Å². The zero-order chi connectivity index (χ0) is 11.1. The van der Waals surface area contributed by atoms with Crippen molar-refractivity contribution >= 4 is 11.9 Å². The van der Waals surface area contributed by atoms with Crippen molar-refractivity contribution in [2.24, 2.45) is 5.92 Å². The molecule has 0 radical (unpaired) electrons. The van der Waals surface area contributed by atoms with Crippen molar-refractivity contribution in [1.82, 2.24) is 0 Å². The third-order valence-electron chi connectivity index (χ3n) is 1.48. The van der Waals surface area contributed by atoms with E-state index in [-0.39, 0.29) is 18.3 Å². The third-order valence-corrected chi connectivity index (χ3v) is 1.48. The van der Waals surface area contributed by atoms with Crippen molar-refractivity contribution in [2.45, 2.75) is 33.5 Å². The molecule has 14 heavy (non-hydrogen) atoms. The van der Waals surface area contributed by atoms with Crippen LogP contribution in [0.15, 0.2) is 12.7 Å². The molecule has 0 heterocycles. The molecule has 0 aromatic heterocycles. The van der Waals surface area contributed by atoms with Gasteiger partial charge in [0.25, 0.3) is 0 Å². The van der Waals surface area contributed by atoms with E-state index in [1.165, 1.54) is 0 Å². The minimum Gasteiger partial charge on any atom is -0.425 e. The summed E-state index contributed by atoms with van der Waals surface area (Å²) in [5, 5.41) is 0. The van der Waals surface area contributed by atoms with Crippen molar-refractivity contribution in [3.05, 3.63) is 12.7 Å². The maximum absolute atomic E-state index is 11.0. The van der Waals surface area contributed by atoms with E-state index in [9.17, 15) is 9.59 Å². The van der Waals surface area contributed by atoms with Crippen molar-refractivity contribution in [2.75, 3.05) is 0 Å². The molecule has 0 spiro atoms. The molecule has 0 aliphatic heterocycles. The molecule has 4 heteroatoms. The molecular weight excluding hydrogens is 184 g/mol. The molecule has 0 aromatic carbocycles. The summed E-state index contributed by atoms with van der Waals surface area (Å²) in [6, 6.07) is 0. The number of carbonyl (C=O) groups is 2. The van der Waals surface area contributed by atoms with Gasteiger partial charge in [-0.3, -0.25) is 4.79 Å². The second kappa shape index (κ2) is 6.18. The number of hydrogen-bond donors (Lipinski definition) is 0. The largest absolute Gasteiger partial charge is 0.425 e. The molecule has 1 unspecified atom stereocenters. The number of ether oxygens (including phenoxy) is 2. The Morgan fingerprint density at radius 3 is 2.29 bits per heavy atom. The van der Waals surface area contributed by atoms with Gasteiger partial charge in [0.05, 0.1) is 0 Å². The first-order valence-corrected chi connectivity index (χ1v) is 4.53. The van der Waals surface area contributed by atoms with Crippen LogP contribution in [0, 0.1) is 5.92 Å². The molecule has 0 bridgehead atoms. The maximum atomic E-state index is 11.0. The fourth-order valence-corrected chi connectivity index (χ4v) is 0.672. The van der Waals surface area contributed by atoms with Crippen LogP contribution in [-0.2, 0) is 19.1 Å². The number of carbonyl (C=O) groups excluding carboxylic acids is 2. The molecule has 4 nitrogen and oxygen atoms in total. The lowest BCUT2D eigenvalue weighted by Gasteiger charge is -2.20. The first-order valence-electron chi connectivity index (χ1n) is 4.53. The molecule has 0 amide bonds. The summed E-state index contributed by atoms with van der Waals surface area (Å²) in [5.74, 6) is -1.05. The fraction of sp³-hybridized carbons (Fsp3) is 0.600. The Morgan fingerprint density at radius 2 is 1.93 bits per heavy atom. The summed E-state index contributed by atoms with van der Waals surface area (Å²) in [5.41, 5.74) is 0. The Labute approximate surface area is 83.9 Å². The second-order valence-electron chi connectivity index (χ2n) is 3.10. The van der Waals surface area contributed by atoms with Crippen LogP contribution in [-0.4, -0.2) is 18.2 Å². The SMILES string of the molecule is C=CC(=O)OC(OC(=O)CC)C(C)C. The van der Waals surface area contributed by atoms with Gasteiger partial charge in [0.15, 0.2) is 0 Å². The molecule has 0 aromatic rings. The molecule has 0 saturated carbocycles. The van der Waals surface area contributed by atoms with E-state index in [2.05, 4.69) is 6.58 Å². The molecule has 0 saturated heterocycles. The normalized spacial score (nSPS) is 12.0. The van der Waals surface area contributed by atoms with Crippen LogP contribution in [0.25, 0.3) is 0 Å². The van der Waals surface area contributed by atoms with Crippen LogP contribution < -0.4 is 0 Å². The number of hydrogen-bond acceptors (Lipinski definition) is 4. The van der Waals surface area contributed by atoms with E-state index in [0.29, 0.717) is 0 Å². The van der Waals surface area contributed by atoms with Crippen LogP contribution in [0.3, 0.4) is 0 Å². The van der Waals surface area contributed by atoms with Crippen LogP contribution in [0.4, 0.5) is 0 Å². The van der Waals surface area contributed by atoms with Gasteiger partial charge in [-0.1, -0.05) is 27.4 Å². The summed E-state index contributed by atoms with van der Waals surface area (Å²) in [4.78, 5) is 21.8. The molecule has 80 valence electrons. The average Bonchev–Trinajstić information content (AvgIpc) is 2.16. The average molecular weight is 200 g/mol. The summed E-state index contributed by atoms with van der Waals surface area (Å²) in [7, 11) is 0. The van der Waals surface area contributed by atoms with E-state index in [0.717, 1.165) is 6.08 Å². The number of rotatable bonds is 5. The van der Waals surface area contributed by atoms with Crippen LogP contribution >= 0.6 is 0 Å². The van der Waals surface area contributed by atoms with Gasteiger partial charge in [-0.15, -0.1) is 0 Å². The highest BCUT2D eigenvalue weighted by atomic mass is 16.7. The highest BCUT2D eigenvalue weighted by Gasteiger charge is 2.20. The highest BCUT2D eigenvalue weighted by molar-refractivity contribution is 5.81. The minimum absolute atomic E-state index is 0.0746. The van der Waals surface area contributed by atoms with Gasteiger partial charge >= 0.3 is 11.9 Å². The smallest absolute Gasteiger partial charge is 0.333 e. The lowest BCUT2D eigenvalue weighted by molar-refractivity contribution is -0.192. The van der Waals surface area contributed by atoms with Gasteiger partial charge in [0.2, 0.25) is 6.29 Å². The maximum Gasteiger partial charge on any atom is 0.333 e. The van der Waals surface area contributed by atoms with Crippen molar-refractivity contribution < 1.29 is 19.1 Å². The van der Waals surface area contributed by atoms with Gasteiger partial charge in [-0.05, 0) is 0 Å². The Hall–Kier alpha value is -1.32. The molecule has 1 atom stereocenters. The van der Waals surface area contributed by atoms with Crippen molar-refractivity contribution in [3.8, 4) is 0 Å². The third kappa shape index (κ3) is 4.64. The van der Waals surface area contributed by atoms with Gasteiger partial charge in [-0.2, -0.15) is 0 Å². The van der Waals surface area contributed by atoms with Gasteiger partial charge < -0.3 is 9.47 Å². The Kier molecular flexibility index (Phi) is 5.60. The zero-order valence-electron chi connectivity index (χ0n) is 8.78. The standard InChI is InChI=1S/C10H16O4/c1-5-8(11)13-10(7(3)4)14-9(12)6-2/h5,7,10H,1,6H2,2-4H3. The predicted octanol–water partition coefficient (Wildman–Crippen LogP) is 1.65. The van der Waals surface area contributed by atoms with Crippen molar-refractivity contribution in [3.63, 3.8) is 0 Å². The monoisotopic (exact) mass is 200 g/mol. The summed E-state index contributed by atoms with van der Waals surface area (Å²) in [6.07, 6.45) is 0.470. The van der Waals surface area contributed by atoms with E-state index < -0.39 is 12.3 Å². The fourth-order valence-electron chi connectivity index (χ4n) is 0.672. The van der Waals surface area contributed by atoms with Gasteiger partial charge in [0.1, 0.15) is 0 Å². The molecular formula is C10H16O4. The first-order chi connectivity index (χ1) is 6.51. The molecule has 0 N–H and O–H groups in total. The Bertz CT molecular complexity index is 220. The Morgan fingerprint density at radius 1 is 1.36 bits per heavy atom. The van der Waals surface area contributed by atoms with Crippen LogP contribution in [0.2, 0.25) is 0 Å². The molecule has 0 aliphatic rings. The highest BCUT2D eigenvalue weighted by Crippen LogP contribution is 2.09. The summed E-state index contributed by atoms with van der Waals surface area (Å²) >= 11 is 0. The second-order valence-corrected chi connectivity index (χ2v) is 3.10. The van der Waals surface area contributed by atoms with Gasteiger partial charge in [0, 0.05) is 18.4 Å². The van der Waals surface area contributed by atoms with Crippen LogP contribution in [0.1, 0.15) is 27.2 Å². The zero-order valence-corrected chi connectivity index (χ0v) is 8.78. The van der Waals surface area contributed by atoms with Crippen LogP contribution in [0.5, 0.6) is 0 Å². The topological polar surface area (TPSA) is 52.6 Å². The molecule has 0 aliphatic carbocycles. The lowest BCUT2D eigenvalue weighted by atomic mass is 10.2. The molecule has 0 fully saturated rings. The quantitative estimate of drug-likeness (QED) is 0.384. The number of esters is 2. The van der Waals surface area contributed by atoms with E-state index in [1.807, 2.05) is 0 Å². The summed E-state index contributed by atoms with van der Waals surface area (Å²) in [6.45, 7) is 8.52. The Balaban J connectivity index is 4.22. The van der Waals surface area contributed by atoms with Gasteiger partial charge in [-0.25, -0.2) is 4.79 Å². The van der Waals surface area contributed by atoms with E-state index in [4.69, 9.17) is 9.47 Å². The minimum atomic E-state index is -0.826. The molecule has 0 rings (SSSR count). The van der Waals surface area contributed by atoms with E-state index in [1.54, 1.807) is 20.8 Å². The first kappa shape index (κ1) is 12.7. The lowest BCUT2D eigenvalue weighted by Crippen LogP contribution is -2.28.